The molecule has 0 saturated heterocycles. The number of amidine groups is 1. The molecule has 1 aliphatic rings. The summed E-state index contributed by atoms with van der Waals surface area (Å²) in [4.78, 5) is 23.6. The monoisotopic (exact) mass is 509 g/mol. The molecule has 37 heavy (non-hydrogen) atoms. The molecule has 1 aliphatic heterocycles. The predicted octanol–water partition coefficient (Wildman–Crippen LogP) is 2.48. The van der Waals surface area contributed by atoms with E-state index in [0.29, 0.717) is 23.1 Å². The molecule has 13 heteroatoms. The summed E-state index contributed by atoms with van der Waals surface area (Å²) in [7, 11) is 0. The highest BCUT2D eigenvalue weighted by Gasteiger charge is 2.27. The van der Waals surface area contributed by atoms with Gasteiger partial charge in [-0.1, -0.05) is 24.3 Å². The minimum atomic E-state index is -3.07. The minimum absolute atomic E-state index is 0.0717. The number of hydrogen-bond acceptors (Lipinski definition) is 8. The van der Waals surface area contributed by atoms with Crippen molar-refractivity contribution in [3.8, 4) is 17.4 Å². The molecule has 0 saturated carbocycles. The van der Waals surface area contributed by atoms with Crippen LogP contribution in [0.2, 0.25) is 0 Å². The highest BCUT2D eigenvalue weighted by Crippen LogP contribution is 2.40. The van der Waals surface area contributed by atoms with E-state index in [4.69, 9.17) is 25.4 Å². The zero-order valence-electron chi connectivity index (χ0n) is 19.2. The van der Waals surface area contributed by atoms with Crippen molar-refractivity contribution in [1.29, 1.82) is 5.41 Å². The van der Waals surface area contributed by atoms with Crippen molar-refractivity contribution < 1.29 is 23.0 Å². The Morgan fingerprint density at radius 1 is 1.22 bits per heavy atom. The van der Waals surface area contributed by atoms with Gasteiger partial charge in [-0.25, -0.2) is 14.8 Å². The summed E-state index contributed by atoms with van der Waals surface area (Å²) < 4.78 is 43.0. The van der Waals surface area contributed by atoms with E-state index in [1.54, 1.807) is 36.4 Å². The quantitative estimate of drug-likeness (QED) is 0.242. The third-order valence-corrected chi connectivity index (χ3v) is 5.73. The Labute approximate surface area is 208 Å². The summed E-state index contributed by atoms with van der Waals surface area (Å²) in [5, 5.41) is 12.0. The molecule has 0 fully saturated rings. The molecule has 1 unspecified atom stereocenters. The smallest absolute Gasteiger partial charge is 0.387 e. The Hall–Kier alpha value is -4.65. The van der Waals surface area contributed by atoms with Crippen LogP contribution in [-0.2, 0) is 17.8 Å². The molecular formula is C24H21F2N7O4. The first kappa shape index (κ1) is 24.1. The lowest BCUT2D eigenvalue weighted by Gasteiger charge is -2.24. The number of aromatic amines is 1. The van der Waals surface area contributed by atoms with Crippen LogP contribution in [0, 0.1) is 5.41 Å². The Morgan fingerprint density at radius 2 is 1.97 bits per heavy atom. The van der Waals surface area contributed by atoms with Gasteiger partial charge in [0.15, 0.2) is 18.3 Å². The zero-order chi connectivity index (χ0) is 25.9. The largest absolute Gasteiger partial charge is 0.463 e. The third-order valence-electron chi connectivity index (χ3n) is 5.73. The molecule has 190 valence electrons. The predicted molar refractivity (Wildman–Crippen MR) is 126 cm³/mol. The maximum absolute atomic E-state index is 13.2. The molecule has 4 N–H and O–H groups in total. The number of hydrogen-bond donors (Lipinski definition) is 3. The SMILES string of the molecule is N=C(N)c1ccc(CC(c2cc3c(c(OC(F)F)c2)OCOC3)c2nn(-c3ncccn3)c(=O)[nH]2)cc1. The first-order valence-electron chi connectivity index (χ1n) is 11.1. The van der Waals surface area contributed by atoms with E-state index >= 15 is 0 Å². The fourth-order valence-electron chi connectivity index (χ4n) is 4.05. The Kier molecular flexibility index (Phi) is 6.60. The van der Waals surface area contributed by atoms with E-state index in [-0.39, 0.29) is 42.5 Å². The zero-order valence-corrected chi connectivity index (χ0v) is 19.2. The van der Waals surface area contributed by atoms with Gasteiger partial charge in [-0.2, -0.15) is 8.78 Å². The Bertz CT molecular complexity index is 1470. The van der Waals surface area contributed by atoms with Gasteiger partial charge in [0.25, 0.3) is 5.95 Å². The highest BCUT2D eigenvalue weighted by molar-refractivity contribution is 5.94. The molecule has 0 aliphatic carbocycles. The summed E-state index contributed by atoms with van der Waals surface area (Å²) in [6, 6.07) is 11.8. The number of fused-ring (bicyclic) bond motifs is 1. The van der Waals surface area contributed by atoms with Crippen molar-refractivity contribution in [3.63, 3.8) is 0 Å². The lowest BCUT2D eigenvalue weighted by atomic mass is 9.89. The second-order valence-electron chi connectivity index (χ2n) is 8.14. The number of rotatable bonds is 8. The van der Waals surface area contributed by atoms with E-state index in [1.807, 2.05) is 0 Å². The Morgan fingerprint density at radius 3 is 2.68 bits per heavy atom. The Balaban J connectivity index is 1.61. The number of ether oxygens (including phenoxy) is 3. The van der Waals surface area contributed by atoms with E-state index < -0.39 is 18.2 Å². The standard InChI is InChI=1S/C24H21F2N7O4/c25-22(26)37-18-10-15(9-16-11-35-12-36-19(16)18)17(8-13-2-4-14(5-3-13)20(27)28)21-31-24(34)33(32-21)23-29-6-1-7-30-23/h1-7,9-10,17,22H,8,11-12H2,(H3,27,28)(H,31,32,34). The van der Waals surface area contributed by atoms with Gasteiger partial charge in [-0.3, -0.25) is 10.4 Å². The van der Waals surface area contributed by atoms with Crippen LogP contribution in [0.1, 0.15) is 34.0 Å². The summed E-state index contributed by atoms with van der Waals surface area (Å²) >= 11 is 0. The van der Waals surface area contributed by atoms with E-state index in [2.05, 4.69) is 20.1 Å². The van der Waals surface area contributed by atoms with Crippen LogP contribution < -0.4 is 20.9 Å². The van der Waals surface area contributed by atoms with Crippen molar-refractivity contribution in [3.05, 3.63) is 93.4 Å². The fourth-order valence-corrected chi connectivity index (χ4v) is 4.05. The molecular weight excluding hydrogens is 488 g/mol. The molecule has 1 atom stereocenters. The molecule has 0 spiro atoms. The second-order valence-corrected chi connectivity index (χ2v) is 8.14. The summed E-state index contributed by atoms with van der Waals surface area (Å²) in [6.07, 6.45) is 3.28. The number of H-pyrrole nitrogens is 1. The number of nitrogens with one attached hydrogen (secondary N) is 2. The third kappa shape index (κ3) is 5.16. The van der Waals surface area contributed by atoms with Crippen molar-refractivity contribution in [2.24, 2.45) is 5.73 Å². The number of nitrogens with zero attached hydrogens (tertiary/aromatic N) is 4. The van der Waals surface area contributed by atoms with Crippen LogP contribution in [0.3, 0.4) is 0 Å². The summed E-state index contributed by atoms with van der Waals surface area (Å²) in [5.41, 5.74) is 7.43. The van der Waals surface area contributed by atoms with Gasteiger partial charge in [0, 0.05) is 29.4 Å². The lowest BCUT2D eigenvalue weighted by molar-refractivity contribution is -0.0590. The molecule has 2 aromatic heterocycles. The van der Waals surface area contributed by atoms with Crippen LogP contribution >= 0.6 is 0 Å². The average molecular weight is 509 g/mol. The normalized spacial score (nSPS) is 13.6. The number of alkyl halides is 2. The van der Waals surface area contributed by atoms with Crippen molar-refractivity contribution in [2.75, 3.05) is 6.79 Å². The van der Waals surface area contributed by atoms with Gasteiger partial charge in [-0.05, 0) is 35.7 Å². The number of nitrogens with two attached hydrogens (primary N) is 1. The first-order chi connectivity index (χ1) is 17.9. The van der Waals surface area contributed by atoms with Gasteiger partial charge < -0.3 is 19.9 Å². The summed E-state index contributed by atoms with van der Waals surface area (Å²) in [5.74, 6) is -0.305. The van der Waals surface area contributed by atoms with E-state index in [9.17, 15) is 13.6 Å². The molecule has 11 nitrogen and oxygen atoms in total. The molecule has 4 aromatic rings. The van der Waals surface area contributed by atoms with Gasteiger partial charge >= 0.3 is 12.3 Å². The van der Waals surface area contributed by atoms with Crippen molar-refractivity contribution >= 4 is 5.84 Å². The van der Waals surface area contributed by atoms with Crippen molar-refractivity contribution in [2.45, 2.75) is 25.6 Å². The maximum Gasteiger partial charge on any atom is 0.387 e. The molecule has 0 radical (unpaired) electrons. The number of nitrogen functional groups attached to an aromatic ring is 1. The molecule has 0 amide bonds. The maximum atomic E-state index is 13.2. The topological polar surface area (TPSA) is 154 Å². The number of benzene rings is 2. The summed E-state index contributed by atoms with van der Waals surface area (Å²) in [6.45, 7) is -3.03. The lowest BCUT2D eigenvalue weighted by Crippen LogP contribution is -2.18. The van der Waals surface area contributed by atoms with Crippen LogP contribution in [0.15, 0.2) is 59.7 Å². The number of aromatic nitrogens is 5. The van der Waals surface area contributed by atoms with Gasteiger partial charge in [0.05, 0.1) is 6.61 Å². The van der Waals surface area contributed by atoms with Crippen LogP contribution in [0.5, 0.6) is 11.5 Å². The first-order valence-corrected chi connectivity index (χ1v) is 11.1. The molecule has 3 heterocycles. The second kappa shape index (κ2) is 10.1. The molecule has 5 rings (SSSR count). The van der Waals surface area contributed by atoms with E-state index in [1.165, 1.54) is 18.5 Å². The van der Waals surface area contributed by atoms with Crippen LogP contribution in [0.25, 0.3) is 5.95 Å². The van der Waals surface area contributed by atoms with Gasteiger partial charge in [0.1, 0.15) is 11.7 Å². The van der Waals surface area contributed by atoms with Gasteiger partial charge in [-0.15, -0.1) is 9.78 Å². The highest BCUT2D eigenvalue weighted by atomic mass is 19.3. The minimum Gasteiger partial charge on any atom is -0.463 e. The van der Waals surface area contributed by atoms with Crippen LogP contribution in [0.4, 0.5) is 8.78 Å². The van der Waals surface area contributed by atoms with Gasteiger partial charge in [0.2, 0.25) is 0 Å². The molecule has 0 bridgehead atoms. The average Bonchev–Trinajstić information content (AvgIpc) is 3.28. The molecule has 2 aromatic carbocycles. The number of halogens is 2. The fraction of sp³-hybridized carbons (Fsp3) is 0.208. The van der Waals surface area contributed by atoms with E-state index in [0.717, 1.165) is 10.2 Å². The van der Waals surface area contributed by atoms with Crippen molar-refractivity contribution in [1.82, 2.24) is 24.7 Å². The van der Waals surface area contributed by atoms with Crippen LogP contribution in [-0.4, -0.2) is 44.0 Å².